The molecule has 2 atom stereocenters. The Labute approximate surface area is 180 Å². The van der Waals surface area contributed by atoms with Crippen molar-refractivity contribution >= 4 is 17.3 Å². The predicted molar refractivity (Wildman–Crippen MR) is 117 cm³/mol. The van der Waals surface area contributed by atoms with Crippen molar-refractivity contribution in [1.29, 1.82) is 0 Å². The minimum absolute atomic E-state index is 0.0462. The van der Waals surface area contributed by atoms with Gasteiger partial charge in [0.25, 0.3) is 0 Å². The van der Waals surface area contributed by atoms with E-state index in [1.54, 1.807) is 14.2 Å². The Bertz CT molecular complexity index is 1110. The van der Waals surface area contributed by atoms with Crippen molar-refractivity contribution in [2.75, 3.05) is 14.2 Å². The highest BCUT2D eigenvalue weighted by Crippen LogP contribution is 2.48. The molecule has 0 amide bonds. The molecule has 6 heteroatoms. The highest BCUT2D eigenvalue weighted by Gasteiger charge is 2.41. The molecule has 3 aromatic carbocycles. The molecule has 3 aromatic rings. The first-order chi connectivity index (χ1) is 14.7. The quantitative estimate of drug-likeness (QED) is 0.551. The summed E-state index contributed by atoms with van der Waals surface area (Å²) in [6.07, 6.45) is 0.415. The lowest BCUT2D eigenvalue weighted by Crippen LogP contribution is -2.33. The number of fused-ring (bicyclic) bond motifs is 3. The molecule has 0 fully saturated rings. The summed E-state index contributed by atoms with van der Waals surface area (Å²) in [5, 5.41) is 7.69. The van der Waals surface area contributed by atoms with Crippen LogP contribution in [-0.2, 0) is 0 Å². The van der Waals surface area contributed by atoms with Crippen LogP contribution in [0.5, 0.6) is 17.2 Å². The summed E-state index contributed by atoms with van der Waals surface area (Å²) >= 11 is 6.26. The molecule has 0 saturated carbocycles. The van der Waals surface area contributed by atoms with Crippen LogP contribution in [0.1, 0.15) is 35.4 Å². The molecule has 5 nitrogen and oxygen atoms in total. The number of hydrogen-bond donors (Lipinski definition) is 0. The Hall–Kier alpha value is -3.18. The van der Waals surface area contributed by atoms with E-state index in [1.807, 2.05) is 71.7 Å². The van der Waals surface area contributed by atoms with Gasteiger partial charge in [-0.25, -0.2) is 5.01 Å². The molecular formula is C24H21ClN2O3. The molecular weight excluding hydrogens is 400 g/mol. The molecule has 0 aliphatic carbocycles. The lowest BCUT2D eigenvalue weighted by molar-refractivity contribution is -0.0191. The van der Waals surface area contributed by atoms with E-state index in [0.717, 1.165) is 46.1 Å². The Morgan fingerprint density at radius 2 is 1.73 bits per heavy atom. The van der Waals surface area contributed by atoms with Crippen molar-refractivity contribution in [2.45, 2.75) is 18.7 Å². The number of halogens is 1. The minimum atomic E-state index is -0.356. The Morgan fingerprint density at radius 1 is 0.967 bits per heavy atom. The van der Waals surface area contributed by atoms with Crippen LogP contribution in [0.15, 0.2) is 71.8 Å². The number of hydrazone groups is 1. The second kappa shape index (κ2) is 7.58. The fourth-order valence-corrected chi connectivity index (χ4v) is 4.23. The van der Waals surface area contributed by atoms with Crippen molar-refractivity contribution in [3.63, 3.8) is 0 Å². The number of nitrogens with zero attached hydrogens (tertiary/aromatic N) is 2. The third kappa shape index (κ3) is 3.25. The molecule has 2 aliphatic rings. The average molecular weight is 421 g/mol. The maximum absolute atomic E-state index is 6.39. The SMILES string of the molecule is COc1ccc(C2=NN3[C@@H](c4cccc(Cl)c4)Oc4ccc(OC)cc4[C@@H]3C2)cc1. The number of ether oxygens (including phenoxy) is 3. The van der Waals surface area contributed by atoms with E-state index in [0.29, 0.717) is 5.02 Å². The maximum Gasteiger partial charge on any atom is 0.213 e. The van der Waals surface area contributed by atoms with Crippen LogP contribution >= 0.6 is 11.6 Å². The molecule has 0 unspecified atom stereocenters. The van der Waals surface area contributed by atoms with Crippen molar-refractivity contribution < 1.29 is 14.2 Å². The van der Waals surface area contributed by atoms with Gasteiger partial charge < -0.3 is 14.2 Å². The van der Waals surface area contributed by atoms with Gasteiger partial charge in [-0.3, -0.25) is 0 Å². The van der Waals surface area contributed by atoms with Crippen LogP contribution < -0.4 is 14.2 Å². The van der Waals surface area contributed by atoms with Crippen LogP contribution in [0.2, 0.25) is 5.02 Å². The van der Waals surface area contributed by atoms with E-state index < -0.39 is 0 Å². The van der Waals surface area contributed by atoms with Gasteiger partial charge in [0.05, 0.1) is 26.0 Å². The van der Waals surface area contributed by atoms with Crippen molar-refractivity contribution in [3.05, 3.63) is 88.4 Å². The standard InChI is InChI=1S/C24H21ClN2O3/c1-28-18-8-6-15(7-9-18)21-14-22-20-13-19(29-2)10-11-23(20)30-24(27(22)26-21)16-4-3-5-17(25)12-16/h3-13,22,24H,14H2,1-2H3/t22-,24+/m0/s1. The van der Waals surface area contributed by atoms with Crippen LogP contribution in [0, 0.1) is 0 Å². The normalized spacial score (nSPS) is 19.4. The van der Waals surface area contributed by atoms with Gasteiger partial charge in [0.15, 0.2) is 0 Å². The summed E-state index contributed by atoms with van der Waals surface area (Å²) in [4.78, 5) is 0. The molecule has 0 spiro atoms. The Balaban J connectivity index is 1.58. The van der Waals surface area contributed by atoms with E-state index in [4.69, 9.17) is 30.9 Å². The first-order valence-corrected chi connectivity index (χ1v) is 10.1. The maximum atomic E-state index is 6.39. The van der Waals surface area contributed by atoms with Crippen LogP contribution in [0.3, 0.4) is 0 Å². The number of rotatable bonds is 4. The van der Waals surface area contributed by atoms with Gasteiger partial charge in [0.2, 0.25) is 6.23 Å². The summed E-state index contributed by atoms with van der Waals surface area (Å²) < 4.78 is 17.1. The van der Waals surface area contributed by atoms with Gasteiger partial charge in [0, 0.05) is 22.6 Å². The zero-order valence-corrected chi connectivity index (χ0v) is 17.5. The topological polar surface area (TPSA) is 43.3 Å². The van der Waals surface area contributed by atoms with Crippen LogP contribution in [0.4, 0.5) is 0 Å². The summed E-state index contributed by atoms with van der Waals surface area (Å²) in [5.74, 6) is 2.47. The molecule has 0 bridgehead atoms. The lowest BCUT2D eigenvalue weighted by Gasteiger charge is -2.38. The highest BCUT2D eigenvalue weighted by molar-refractivity contribution is 6.30. The molecule has 0 aromatic heterocycles. The molecule has 2 aliphatic heterocycles. The van der Waals surface area contributed by atoms with E-state index in [-0.39, 0.29) is 12.3 Å². The zero-order valence-electron chi connectivity index (χ0n) is 16.7. The van der Waals surface area contributed by atoms with E-state index >= 15 is 0 Å². The molecule has 0 saturated heterocycles. The molecule has 0 N–H and O–H groups in total. The summed E-state index contributed by atoms with van der Waals surface area (Å²) in [6, 6.07) is 21.7. The molecule has 30 heavy (non-hydrogen) atoms. The van der Waals surface area contributed by atoms with Crippen molar-refractivity contribution in [1.82, 2.24) is 5.01 Å². The molecule has 152 valence electrons. The van der Waals surface area contributed by atoms with E-state index in [2.05, 4.69) is 0 Å². The Morgan fingerprint density at radius 3 is 2.47 bits per heavy atom. The fraction of sp³-hybridized carbons (Fsp3) is 0.208. The summed E-state index contributed by atoms with van der Waals surface area (Å²) in [7, 11) is 3.34. The lowest BCUT2D eigenvalue weighted by atomic mass is 9.95. The van der Waals surface area contributed by atoms with Crippen molar-refractivity contribution in [2.24, 2.45) is 5.10 Å². The second-order valence-corrected chi connectivity index (χ2v) is 7.74. The number of methoxy groups -OCH3 is 2. The Kier molecular flexibility index (Phi) is 4.75. The highest BCUT2D eigenvalue weighted by atomic mass is 35.5. The van der Waals surface area contributed by atoms with Gasteiger partial charge in [0.1, 0.15) is 17.2 Å². The van der Waals surface area contributed by atoms with E-state index in [9.17, 15) is 0 Å². The largest absolute Gasteiger partial charge is 0.497 e. The van der Waals surface area contributed by atoms with Crippen molar-refractivity contribution in [3.8, 4) is 17.2 Å². The first-order valence-electron chi connectivity index (χ1n) is 9.76. The van der Waals surface area contributed by atoms with Gasteiger partial charge >= 0.3 is 0 Å². The monoisotopic (exact) mass is 420 g/mol. The number of hydrogen-bond acceptors (Lipinski definition) is 5. The minimum Gasteiger partial charge on any atom is -0.497 e. The summed E-state index contributed by atoms with van der Waals surface area (Å²) in [6.45, 7) is 0. The summed E-state index contributed by atoms with van der Waals surface area (Å²) in [5.41, 5.74) is 4.11. The average Bonchev–Trinajstić information content (AvgIpc) is 3.24. The van der Waals surface area contributed by atoms with Gasteiger partial charge in [-0.15, -0.1) is 0 Å². The fourth-order valence-electron chi connectivity index (χ4n) is 4.03. The third-order valence-corrected chi connectivity index (χ3v) is 5.79. The molecule has 2 heterocycles. The van der Waals surface area contributed by atoms with Gasteiger partial charge in [-0.2, -0.15) is 5.10 Å². The van der Waals surface area contributed by atoms with Gasteiger partial charge in [-0.1, -0.05) is 23.7 Å². The van der Waals surface area contributed by atoms with E-state index in [1.165, 1.54) is 0 Å². The smallest absolute Gasteiger partial charge is 0.213 e. The molecule has 0 radical (unpaired) electrons. The zero-order chi connectivity index (χ0) is 20.7. The number of benzene rings is 3. The van der Waals surface area contributed by atoms with Gasteiger partial charge in [-0.05, 0) is 60.2 Å². The van der Waals surface area contributed by atoms with Crippen LogP contribution in [-0.4, -0.2) is 24.9 Å². The first kappa shape index (κ1) is 18.8. The predicted octanol–water partition coefficient (Wildman–Crippen LogP) is 5.60. The molecule has 5 rings (SSSR count). The third-order valence-electron chi connectivity index (χ3n) is 5.55. The van der Waals surface area contributed by atoms with Crippen LogP contribution in [0.25, 0.3) is 0 Å². The second-order valence-electron chi connectivity index (χ2n) is 7.30.